The first-order valence-electron chi connectivity index (χ1n) is 8.17. The average molecular weight is 384 g/mol. The number of rotatable bonds is 3. The van der Waals surface area contributed by atoms with Gasteiger partial charge in [0.2, 0.25) is 10.0 Å². The minimum atomic E-state index is -4.48. The number of nitrogens with zero attached hydrogens (tertiary/aromatic N) is 2. The van der Waals surface area contributed by atoms with E-state index in [1.54, 1.807) is 0 Å². The van der Waals surface area contributed by atoms with Gasteiger partial charge in [-0.15, -0.1) is 0 Å². The largest absolute Gasteiger partial charge is 0.416 e. The average Bonchev–Trinajstić information content (AvgIpc) is 2.62. The number of hydrogen-bond acceptors (Lipinski definition) is 3. The van der Waals surface area contributed by atoms with Crippen LogP contribution in [0.5, 0.6) is 0 Å². The summed E-state index contributed by atoms with van der Waals surface area (Å²) in [6, 6.07) is 11.6. The van der Waals surface area contributed by atoms with Crippen LogP contribution in [0.25, 0.3) is 0 Å². The van der Waals surface area contributed by atoms with Gasteiger partial charge in [0.05, 0.1) is 10.5 Å². The first-order chi connectivity index (χ1) is 12.2. The standard InChI is InChI=1S/C18H19F3N2O2S/c1-14-2-6-16(7-3-14)22-10-12-23(13-11-22)26(24,25)17-8-4-15(5-9-17)18(19,20)21/h2-9H,10-13H2,1H3. The van der Waals surface area contributed by atoms with Crippen molar-refractivity contribution in [3.05, 3.63) is 59.7 Å². The highest BCUT2D eigenvalue weighted by atomic mass is 32.2. The number of anilines is 1. The molecule has 8 heteroatoms. The SMILES string of the molecule is Cc1ccc(N2CCN(S(=O)(=O)c3ccc(C(F)(F)F)cc3)CC2)cc1. The van der Waals surface area contributed by atoms with Crippen molar-refractivity contribution < 1.29 is 21.6 Å². The highest BCUT2D eigenvalue weighted by molar-refractivity contribution is 7.89. The lowest BCUT2D eigenvalue weighted by Gasteiger charge is -2.35. The topological polar surface area (TPSA) is 40.6 Å². The van der Waals surface area contributed by atoms with E-state index in [4.69, 9.17) is 0 Å². The van der Waals surface area contributed by atoms with Crippen LogP contribution in [0.2, 0.25) is 0 Å². The lowest BCUT2D eigenvalue weighted by Crippen LogP contribution is -2.48. The maximum Gasteiger partial charge on any atom is 0.416 e. The molecule has 26 heavy (non-hydrogen) atoms. The molecule has 1 aliphatic heterocycles. The molecule has 0 amide bonds. The molecular weight excluding hydrogens is 365 g/mol. The summed E-state index contributed by atoms with van der Waals surface area (Å²) < 4.78 is 64.5. The first-order valence-corrected chi connectivity index (χ1v) is 9.61. The van der Waals surface area contributed by atoms with Crippen LogP contribution in [-0.4, -0.2) is 38.9 Å². The van der Waals surface area contributed by atoms with E-state index < -0.39 is 21.8 Å². The Morgan fingerprint density at radius 1 is 0.846 bits per heavy atom. The summed E-state index contributed by atoms with van der Waals surface area (Å²) in [5.41, 5.74) is 1.32. The molecule has 2 aromatic carbocycles. The molecule has 0 bridgehead atoms. The van der Waals surface area contributed by atoms with Gasteiger partial charge in [0, 0.05) is 31.9 Å². The number of hydrogen-bond donors (Lipinski definition) is 0. The van der Waals surface area contributed by atoms with E-state index in [9.17, 15) is 21.6 Å². The summed E-state index contributed by atoms with van der Waals surface area (Å²) in [7, 11) is -3.80. The lowest BCUT2D eigenvalue weighted by molar-refractivity contribution is -0.137. The molecule has 0 aliphatic carbocycles. The van der Waals surface area contributed by atoms with Crippen molar-refractivity contribution >= 4 is 15.7 Å². The van der Waals surface area contributed by atoms with Gasteiger partial charge in [-0.1, -0.05) is 17.7 Å². The van der Waals surface area contributed by atoms with E-state index in [0.717, 1.165) is 35.5 Å². The van der Waals surface area contributed by atoms with Gasteiger partial charge in [-0.05, 0) is 43.3 Å². The Hall–Kier alpha value is -2.06. The van der Waals surface area contributed by atoms with E-state index in [2.05, 4.69) is 4.90 Å². The molecule has 0 saturated carbocycles. The van der Waals surface area contributed by atoms with Gasteiger partial charge in [0.25, 0.3) is 0 Å². The monoisotopic (exact) mass is 384 g/mol. The molecule has 140 valence electrons. The number of sulfonamides is 1. The van der Waals surface area contributed by atoms with Crippen molar-refractivity contribution in [2.24, 2.45) is 0 Å². The molecule has 3 rings (SSSR count). The Bertz CT molecular complexity index is 855. The summed E-state index contributed by atoms with van der Waals surface area (Å²) in [5.74, 6) is 0. The Labute approximate surface area is 150 Å². The molecule has 1 fully saturated rings. The highest BCUT2D eigenvalue weighted by Gasteiger charge is 2.32. The second-order valence-electron chi connectivity index (χ2n) is 6.25. The minimum Gasteiger partial charge on any atom is -0.369 e. The van der Waals surface area contributed by atoms with Crippen LogP contribution >= 0.6 is 0 Å². The second-order valence-corrected chi connectivity index (χ2v) is 8.19. The van der Waals surface area contributed by atoms with Gasteiger partial charge in [-0.2, -0.15) is 17.5 Å². The molecule has 0 N–H and O–H groups in total. The minimum absolute atomic E-state index is 0.116. The molecule has 1 saturated heterocycles. The van der Waals surface area contributed by atoms with Crippen LogP contribution in [0.4, 0.5) is 18.9 Å². The summed E-state index contributed by atoms with van der Waals surface area (Å²) in [6.45, 7) is 3.64. The number of aryl methyl sites for hydroxylation is 1. The van der Waals surface area contributed by atoms with E-state index in [1.807, 2.05) is 31.2 Å². The lowest BCUT2D eigenvalue weighted by atomic mass is 10.2. The molecule has 2 aromatic rings. The van der Waals surface area contributed by atoms with Crippen molar-refractivity contribution in [3.63, 3.8) is 0 Å². The zero-order chi connectivity index (χ0) is 18.9. The fraction of sp³-hybridized carbons (Fsp3) is 0.333. The van der Waals surface area contributed by atoms with Crippen molar-refractivity contribution in [1.82, 2.24) is 4.31 Å². The molecule has 4 nitrogen and oxygen atoms in total. The van der Waals surface area contributed by atoms with Crippen molar-refractivity contribution in [2.45, 2.75) is 18.0 Å². The third-order valence-electron chi connectivity index (χ3n) is 4.46. The molecule has 0 atom stereocenters. The van der Waals surface area contributed by atoms with Crippen LogP contribution in [0.1, 0.15) is 11.1 Å². The number of piperazine rings is 1. The summed E-state index contributed by atoms with van der Waals surface area (Å²) in [6.07, 6.45) is -4.48. The van der Waals surface area contributed by atoms with Gasteiger partial charge in [0.1, 0.15) is 0 Å². The zero-order valence-corrected chi connectivity index (χ0v) is 15.0. The van der Waals surface area contributed by atoms with Crippen LogP contribution in [0.3, 0.4) is 0 Å². The molecule has 0 radical (unpaired) electrons. The molecule has 1 heterocycles. The number of halogens is 3. The van der Waals surface area contributed by atoms with E-state index >= 15 is 0 Å². The predicted octanol–water partition coefficient (Wildman–Crippen LogP) is 3.52. The van der Waals surface area contributed by atoms with E-state index in [0.29, 0.717) is 13.1 Å². The van der Waals surface area contributed by atoms with Crippen LogP contribution in [0.15, 0.2) is 53.4 Å². The van der Waals surface area contributed by atoms with Gasteiger partial charge in [0.15, 0.2) is 0 Å². The van der Waals surface area contributed by atoms with Crippen molar-refractivity contribution in [2.75, 3.05) is 31.1 Å². The van der Waals surface area contributed by atoms with Crippen LogP contribution < -0.4 is 4.90 Å². The maximum atomic E-state index is 12.7. The Morgan fingerprint density at radius 3 is 1.88 bits per heavy atom. The highest BCUT2D eigenvalue weighted by Crippen LogP contribution is 2.30. The van der Waals surface area contributed by atoms with Gasteiger partial charge in [-0.25, -0.2) is 8.42 Å². The molecular formula is C18H19F3N2O2S. The van der Waals surface area contributed by atoms with Crippen molar-refractivity contribution in [3.8, 4) is 0 Å². The van der Waals surface area contributed by atoms with Crippen LogP contribution in [0, 0.1) is 6.92 Å². The summed E-state index contributed by atoms with van der Waals surface area (Å²) in [5, 5.41) is 0. The van der Waals surface area contributed by atoms with Gasteiger partial charge in [-0.3, -0.25) is 0 Å². The predicted molar refractivity (Wildman–Crippen MR) is 93.6 cm³/mol. The van der Waals surface area contributed by atoms with E-state index in [1.165, 1.54) is 4.31 Å². The Kier molecular flexibility index (Phi) is 4.98. The molecule has 0 aromatic heterocycles. The molecule has 1 aliphatic rings. The van der Waals surface area contributed by atoms with Gasteiger partial charge < -0.3 is 4.90 Å². The smallest absolute Gasteiger partial charge is 0.369 e. The second kappa shape index (κ2) is 6.92. The first kappa shape index (κ1) is 18.7. The molecule has 0 spiro atoms. The number of alkyl halides is 3. The Balaban J connectivity index is 1.70. The number of benzene rings is 2. The van der Waals surface area contributed by atoms with Crippen molar-refractivity contribution in [1.29, 1.82) is 0 Å². The van der Waals surface area contributed by atoms with E-state index in [-0.39, 0.29) is 18.0 Å². The fourth-order valence-electron chi connectivity index (χ4n) is 2.91. The quantitative estimate of drug-likeness (QED) is 0.813. The summed E-state index contributed by atoms with van der Waals surface area (Å²) >= 11 is 0. The fourth-order valence-corrected chi connectivity index (χ4v) is 4.33. The molecule has 0 unspecified atom stereocenters. The summed E-state index contributed by atoms with van der Waals surface area (Å²) in [4.78, 5) is 1.98. The Morgan fingerprint density at radius 2 is 1.38 bits per heavy atom. The zero-order valence-electron chi connectivity index (χ0n) is 14.2. The van der Waals surface area contributed by atoms with Crippen LogP contribution in [-0.2, 0) is 16.2 Å². The third kappa shape index (κ3) is 3.86. The maximum absolute atomic E-state index is 12.7. The third-order valence-corrected chi connectivity index (χ3v) is 6.37. The normalized spacial score (nSPS) is 16.7. The van der Waals surface area contributed by atoms with Gasteiger partial charge >= 0.3 is 6.18 Å².